The Balaban J connectivity index is 1.71. The minimum absolute atomic E-state index is 0.127. The molecule has 130 valence electrons. The Morgan fingerprint density at radius 2 is 2.28 bits per heavy atom. The number of hydrogen-bond acceptors (Lipinski definition) is 6. The first-order valence-corrected chi connectivity index (χ1v) is 8.87. The molecule has 1 fully saturated rings. The molecule has 8 heteroatoms. The number of carboxylic acids is 1. The van der Waals surface area contributed by atoms with Gasteiger partial charge in [-0.1, -0.05) is 0 Å². The SMILES string of the molecule is Cc1ccc(-c2nc(-c3ccc([C@H]4CCCO4)s3)n(CC(=O)O)n2)o1. The average Bonchev–Trinajstić information content (AvgIpc) is 3.33. The fourth-order valence-corrected chi connectivity index (χ4v) is 3.96. The van der Waals surface area contributed by atoms with Crippen molar-refractivity contribution in [2.45, 2.75) is 32.4 Å². The summed E-state index contributed by atoms with van der Waals surface area (Å²) in [5.41, 5.74) is 0. The number of thiophene rings is 1. The lowest BCUT2D eigenvalue weighted by Crippen LogP contribution is -2.11. The van der Waals surface area contributed by atoms with Crippen LogP contribution in [0.3, 0.4) is 0 Å². The van der Waals surface area contributed by atoms with Crippen LogP contribution in [0.4, 0.5) is 0 Å². The maximum absolute atomic E-state index is 11.2. The molecule has 0 unspecified atom stereocenters. The first-order valence-electron chi connectivity index (χ1n) is 8.05. The number of furan rings is 1. The second-order valence-electron chi connectivity index (χ2n) is 5.92. The van der Waals surface area contributed by atoms with Gasteiger partial charge in [-0.05, 0) is 44.0 Å². The summed E-state index contributed by atoms with van der Waals surface area (Å²) in [6, 6.07) is 7.58. The number of aliphatic carboxylic acids is 1. The number of carboxylic acid groups (broad SMARTS) is 1. The first-order chi connectivity index (χ1) is 12.1. The molecule has 0 radical (unpaired) electrons. The Kier molecular flexibility index (Phi) is 4.14. The molecular formula is C17H17N3O4S. The van der Waals surface area contributed by atoms with E-state index in [1.165, 1.54) is 4.68 Å². The number of carbonyl (C=O) groups is 1. The van der Waals surface area contributed by atoms with E-state index in [0.717, 1.165) is 35.0 Å². The predicted octanol–water partition coefficient (Wildman–Crippen LogP) is 3.51. The Bertz CT molecular complexity index is 905. The van der Waals surface area contributed by atoms with Gasteiger partial charge in [-0.3, -0.25) is 4.79 Å². The summed E-state index contributed by atoms with van der Waals surface area (Å²) in [7, 11) is 0. The molecule has 1 aliphatic heterocycles. The van der Waals surface area contributed by atoms with Gasteiger partial charge in [0.1, 0.15) is 12.3 Å². The van der Waals surface area contributed by atoms with Gasteiger partial charge >= 0.3 is 5.97 Å². The highest BCUT2D eigenvalue weighted by Gasteiger charge is 2.23. The van der Waals surface area contributed by atoms with Crippen molar-refractivity contribution < 1.29 is 19.1 Å². The number of hydrogen-bond donors (Lipinski definition) is 1. The smallest absolute Gasteiger partial charge is 0.325 e. The van der Waals surface area contributed by atoms with Crippen molar-refractivity contribution in [2.24, 2.45) is 0 Å². The molecule has 4 rings (SSSR count). The highest BCUT2D eigenvalue weighted by atomic mass is 32.1. The molecule has 1 aliphatic rings. The summed E-state index contributed by atoms with van der Waals surface area (Å²) in [6.07, 6.45) is 2.20. The van der Waals surface area contributed by atoms with Crippen molar-refractivity contribution in [3.8, 4) is 22.3 Å². The standard InChI is InChI=1S/C17H17N3O4S/c1-10-4-5-12(24-10)16-18-17(20(19-16)9-15(21)22)14-7-6-13(25-14)11-3-2-8-23-11/h4-7,11H,2-3,8-9H2,1H3,(H,21,22)/t11-/m1/s1. The summed E-state index contributed by atoms with van der Waals surface area (Å²) >= 11 is 1.57. The van der Waals surface area contributed by atoms with E-state index in [9.17, 15) is 9.90 Å². The molecule has 0 bridgehead atoms. The number of rotatable bonds is 5. The molecule has 1 N–H and O–H groups in total. The zero-order chi connectivity index (χ0) is 17.4. The van der Waals surface area contributed by atoms with Gasteiger partial charge < -0.3 is 14.3 Å². The van der Waals surface area contributed by atoms with Gasteiger partial charge in [0.2, 0.25) is 5.82 Å². The van der Waals surface area contributed by atoms with E-state index in [-0.39, 0.29) is 12.6 Å². The largest absolute Gasteiger partial charge is 0.480 e. The summed E-state index contributed by atoms with van der Waals surface area (Å²) in [4.78, 5) is 17.7. The van der Waals surface area contributed by atoms with Crippen LogP contribution in [-0.4, -0.2) is 32.4 Å². The fraction of sp³-hybridized carbons (Fsp3) is 0.353. The van der Waals surface area contributed by atoms with Gasteiger partial charge in [0.25, 0.3) is 0 Å². The van der Waals surface area contributed by atoms with E-state index < -0.39 is 5.97 Å². The molecular weight excluding hydrogens is 342 g/mol. The highest BCUT2D eigenvalue weighted by Crippen LogP contribution is 2.37. The minimum atomic E-state index is -0.968. The Morgan fingerprint density at radius 1 is 1.40 bits per heavy atom. The lowest BCUT2D eigenvalue weighted by molar-refractivity contribution is -0.137. The highest BCUT2D eigenvalue weighted by molar-refractivity contribution is 7.15. The fourth-order valence-electron chi connectivity index (χ4n) is 2.87. The molecule has 0 aromatic carbocycles. The normalized spacial score (nSPS) is 17.2. The first kappa shape index (κ1) is 16.0. The molecule has 25 heavy (non-hydrogen) atoms. The van der Waals surface area contributed by atoms with Gasteiger partial charge in [0.05, 0.1) is 11.0 Å². The average molecular weight is 359 g/mol. The second-order valence-corrected chi connectivity index (χ2v) is 7.04. The molecule has 4 heterocycles. The predicted molar refractivity (Wildman–Crippen MR) is 91.3 cm³/mol. The van der Waals surface area contributed by atoms with Crippen LogP contribution in [0.2, 0.25) is 0 Å². The van der Waals surface area contributed by atoms with Crippen LogP contribution < -0.4 is 0 Å². The third-order valence-corrected chi connectivity index (χ3v) is 5.18. The Morgan fingerprint density at radius 3 is 2.96 bits per heavy atom. The molecule has 0 amide bonds. The molecule has 1 atom stereocenters. The van der Waals surface area contributed by atoms with Gasteiger partial charge in [-0.25, -0.2) is 9.67 Å². The van der Waals surface area contributed by atoms with Crippen molar-refractivity contribution >= 4 is 17.3 Å². The van der Waals surface area contributed by atoms with Gasteiger partial charge in [-0.15, -0.1) is 16.4 Å². The zero-order valence-electron chi connectivity index (χ0n) is 13.6. The number of nitrogens with zero attached hydrogens (tertiary/aromatic N) is 3. The molecule has 3 aromatic heterocycles. The third kappa shape index (κ3) is 3.22. The maximum Gasteiger partial charge on any atom is 0.325 e. The van der Waals surface area contributed by atoms with E-state index in [1.807, 2.05) is 25.1 Å². The summed E-state index contributed by atoms with van der Waals surface area (Å²) < 4.78 is 12.7. The van der Waals surface area contributed by atoms with Crippen LogP contribution in [0, 0.1) is 6.92 Å². The quantitative estimate of drug-likeness (QED) is 0.750. The maximum atomic E-state index is 11.2. The van der Waals surface area contributed by atoms with Gasteiger partial charge in [-0.2, -0.15) is 0 Å². The Labute approximate surface area is 147 Å². The summed E-state index contributed by atoms with van der Waals surface area (Å²) in [5.74, 6) is 1.23. The zero-order valence-corrected chi connectivity index (χ0v) is 14.5. The van der Waals surface area contributed by atoms with Crippen molar-refractivity contribution in [1.29, 1.82) is 0 Å². The van der Waals surface area contributed by atoms with E-state index in [0.29, 0.717) is 17.4 Å². The second kappa shape index (κ2) is 6.45. The van der Waals surface area contributed by atoms with Crippen molar-refractivity contribution in [2.75, 3.05) is 6.61 Å². The van der Waals surface area contributed by atoms with Crippen LogP contribution in [0.15, 0.2) is 28.7 Å². The lowest BCUT2D eigenvalue weighted by atomic mass is 10.2. The van der Waals surface area contributed by atoms with Crippen LogP contribution in [0.1, 0.15) is 29.6 Å². The molecule has 7 nitrogen and oxygen atoms in total. The van der Waals surface area contributed by atoms with Crippen molar-refractivity contribution in [3.63, 3.8) is 0 Å². The van der Waals surface area contributed by atoms with Gasteiger partial charge in [0, 0.05) is 11.5 Å². The number of ether oxygens (including phenoxy) is 1. The summed E-state index contributed by atoms with van der Waals surface area (Å²) in [6.45, 7) is 2.37. The van der Waals surface area contributed by atoms with E-state index in [4.69, 9.17) is 9.15 Å². The molecule has 3 aromatic rings. The van der Waals surface area contributed by atoms with E-state index in [2.05, 4.69) is 10.1 Å². The third-order valence-electron chi connectivity index (χ3n) is 4.01. The molecule has 0 aliphatic carbocycles. The monoisotopic (exact) mass is 359 g/mol. The van der Waals surface area contributed by atoms with Crippen LogP contribution >= 0.6 is 11.3 Å². The van der Waals surface area contributed by atoms with Crippen LogP contribution in [-0.2, 0) is 16.1 Å². The molecule has 1 saturated heterocycles. The van der Waals surface area contributed by atoms with Gasteiger partial charge in [0.15, 0.2) is 11.6 Å². The van der Waals surface area contributed by atoms with E-state index in [1.54, 1.807) is 17.4 Å². The number of aromatic nitrogens is 3. The Hall–Kier alpha value is -2.45. The minimum Gasteiger partial charge on any atom is -0.480 e. The topological polar surface area (TPSA) is 90.4 Å². The van der Waals surface area contributed by atoms with Crippen LogP contribution in [0.25, 0.3) is 22.3 Å². The lowest BCUT2D eigenvalue weighted by Gasteiger charge is -2.05. The molecule has 0 spiro atoms. The van der Waals surface area contributed by atoms with Crippen LogP contribution in [0.5, 0.6) is 0 Å². The summed E-state index contributed by atoms with van der Waals surface area (Å²) in [5, 5.41) is 13.5. The van der Waals surface area contributed by atoms with Crippen molar-refractivity contribution in [1.82, 2.24) is 14.8 Å². The van der Waals surface area contributed by atoms with E-state index >= 15 is 0 Å². The van der Waals surface area contributed by atoms with Crippen molar-refractivity contribution in [3.05, 3.63) is 34.9 Å². The molecule has 0 saturated carbocycles. The number of aryl methyl sites for hydroxylation is 1.